The number of carbonyl (C=O) groups excluding carboxylic acids is 1. The number of halogens is 1. The minimum Gasteiger partial charge on any atom is -0.368 e. The molecule has 3 aliphatic rings. The Kier molecular flexibility index (Phi) is 5.11. The van der Waals surface area contributed by atoms with Gasteiger partial charge in [-0.05, 0) is 49.1 Å². The lowest BCUT2D eigenvalue weighted by atomic mass is 9.93. The highest BCUT2D eigenvalue weighted by Gasteiger charge is 2.47. The normalized spacial score (nSPS) is 24.7. The first-order valence-electron chi connectivity index (χ1n) is 10.7. The molecule has 1 unspecified atom stereocenters. The molecule has 2 N–H and O–H groups in total. The molecule has 30 heavy (non-hydrogen) atoms. The molecular formula is C23H26ClN5O. The van der Waals surface area contributed by atoms with Crippen LogP contribution in [0.3, 0.4) is 0 Å². The molecule has 3 heterocycles. The van der Waals surface area contributed by atoms with Crippen molar-refractivity contribution in [2.45, 2.75) is 50.1 Å². The van der Waals surface area contributed by atoms with Crippen molar-refractivity contribution in [3.63, 3.8) is 0 Å². The van der Waals surface area contributed by atoms with Crippen LogP contribution >= 0.6 is 11.6 Å². The highest BCUT2D eigenvalue weighted by molar-refractivity contribution is 6.30. The Morgan fingerprint density at radius 3 is 2.83 bits per heavy atom. The van der Waals surface area contributed by atoms with E-state index in [2.05, 4.69) is 15.6 Å². The fourth-order valence-corrected chi connectivity index (χ4v) is 4.86. The van der Waals surface area contributed by atoms with Gasteiger partial charge in [0.15, 0.2) is 5.82 Å². The second kappa shape index (κ2) is 7.91. The molecule has 1 aromatic carbocycles. The van der Waals surface area contributed by atoms with Gasteiger partial charge in [0.2, 0.25) is 5.91 Å². The van der Waals surface area contributed by atoms with Gasteiger partial charge in [-0.1, -0.05) is 36.6 Å². The van der Waals surface area contributed by atoms with E-state index in [9.17, 15) is 4.79 Å². The fraction of sp³-hybridized carbons (Fsp3) is 0.435. The van der Waals surface area contributed by atoms with Crippen LogP contribution in [0.5, 0.6) is 0 Å². The Morgan fingerprint density at radius 2 is 2.03 bits per heavy atom. The Hall–Kier alpha value is -2.60. The van der Waals surface area contributed by atoms with Crippen LogP contribution in [0.1, 0.15) is 37.7 Å². The van der Waals surface area contributed by atoms with E-state index in [1.807, 2.05) is 41.3 Å². The van der Waals surface area contributed by atoms with Crippen LogP contribution in [0.2, 0.25) is 5.02 Å². The Morgan fingerprint density at radius 1 is 1.23 bits per heavy atom. The average molecular weight is 424 g/mol. The van der Waals surface area contributed by atoms with Gasteiger partial charge in [-0.15, -0.1) is 0 Å². The van der Waals surface area contributed by atoms with Crippen molar-refractivity contribution in [1.29, 1.82) is 0 Å². The lowest BCUT2D eigenvalue weighted by molar-refractivity contribution is -0.129. The molecule has 7 heteroatoms. The number of likely N-dealkylation sites (tertiary alicyclic amines) is 1. The van der Waals surface area contributed by atoms with Crippen molar-refractivity contribution < 1.29 is 4.79 Å². The summed E-state index contributed by atoms with van der Waals surface area (Å²) in [6.45, 7) is 1.31. The van der Waals surface area contributed by atoms with Gasteiger partial charge < -0.3 is 15.5 Å². The minimum atomic E-state index is -0.381. The number of rotatable bonds is 3. The van der Waals surface area contributed by atoms with Crippen molar-refractivity contribution in [2.75, 3.05) is 23.7 Å². The van der Waals surface area contributed by atoms with Crippen LogP contribution in [0.4, 0.5) is 11.5 Å². The highest BCUT2D eigenvalue weighted by Crippen LogP contribution is 2.36. The monoisotopic (exact) mass is 423 g/mol. The largest absolute Gasteiger partial charge is 0.368 e. The second-order valence-corrected chi connectivity index (χ2v) is 8.95. The van der Waals surface area contributed by atoms with Crippen LogP contribution in [-0.4, -0.2) is 46.3 Å². The third-order valence-electron chi connectivity index (χ3n) is 6.40. The number of amidine groups is 1. The van der Waals surface area contributed by atoms with Gasteiger partial charge >= 0.3 is 0 Å². The number of nitrogens with one attached hydrogen (secondary N) is 2. The number of nitrogens with zero attached hydrogens (tertiary/aromatic N) is 3. The van der Waals surface area contributed by atoms with Crippen molar-refractivity contribution in [1.82, 2.24) is 9.88 Å². The topological polar surface area (TPSA) is 69.6 Å². The molecule has 1 aliphatic carbocycles. The van der Waals surface area contributed by atoms with E-state index >= 15 is 0 Å². The van der Waals surface area contributed by atoms with E-state index in [-0.39, 0.29) is 11.4 Å². The number of carbonyl (C=O) groups is 1. The summed E-state index contributed by atoms with van der Waals surface area (Å²) in [5, 5.41) is 7.87. The molecule has 5 rings (SSSR count). The van der Waals surface area contributed by atoms with E-state index in [1.54, 1.807) is 6.20 Å². The molecule has 0 radical (unpaired) electrons. The van der Waals surface area contributed by atoms with Gasteiger partial charge in [-0.3, -0.25) is 9.79 Å². The standard InChI is InChI=1S/C23H26ClN5O/c24-17-9-7-16(8-10-17)14-20(30)29-13-11-23(15-29)22(26-18-4-1-2-5-18)27-21-19(28-23)6-3-12-25-21/h3,6-10,12,18,28H,1-2,4-5,11,13-15H2,(H,25,26,27). The van der Waals surface area contributed by atoms with Crippen LogP contribution in [0.15, 0.2) is 47.6 Å². The number of aliphatic imine (C=N–C) groups is 1. The highest BCUT2D eigenvalue weighted by atomic mass is 35.5. The molecule has 1 aromatic heterocycles. The minimum absolute atomic E-state index is 0.133. The van der Waals surface area contributed by atoms with E-state index in [0.717, 1.165) is 42.2 Å². The molecule has 1 saturated heterocycles. The number of pyridine rings is 1. The average Bonchev–Trinajstić information content (AvgIpc) is 3.41. The van der Waals surface area contributed by atoms with E-state index in [4.69, 9.17) is 16.6 Å². The van der Waals surface area contributed by atoms with Crippen LogP contribution in [0, 0.1) is 0 Å². The predicted molar refractivity (Wildman–Crippen MR) is 120 cm³/mol. The SMILES string of the molecule is O=C(Cc1ccc(Cl)cc1)N1CCC2(C1)Nc1cccnc1NC2=NC1CCCC1. The van der Waals surface area contributed by atoms with E-state index < -0.39 is 0 Å². The molecule has 1 atom stereocenters. The summed E-state index contributed by atoms with van der Waals surface area (Å²) in [7, 11) is 0. The fourth-order valence-electron chi connectivity index (χ4n) is 4.73. The molecule has 1 amide bonds. The smallest absolute Gasteiger partial charge is 0.227 e. The Labute approximate surface area is 181 Å². The van der Waals surface area contributed by atoms with Crippen LogP contribution in [-0.2, 0) is 11.2 Å². The summed E-state index contributed by atoms with van der Waals surface area (Å²) in [5.74, 6) is 1.88. The Balaban J connectivity index is 1.38. The summed E-state index contributed by atoms with van der Waals surface area (Å²) in [6.07, 6.45) is 7.74. The molecule has 1 saturated carbocycles. The number of aromatic nitrogens is 1. The molecular weight excluding hydrogens is 398 g/mol. The van der Waals surface area contributed by atoms with Gasteiger partial charge in [0, 0.05) is 17.8 Å². The third-order valence-corrected chi connectivity index (χ3v) is 6.65. The zero-order chi connectivity index (χ0) is 20.6. The van der Waals surface area contributed by atoms with Crippen LogP contribution in [0.25, 0.3) is 0 Å². The summed E-state index contributed by atoms with van der Waals surface area (Å²) in [6, 6.07) is 11.8. The maximum Gasteiger partial charge on any atom is 0.227 e. The van der Waals surface area contributed by atoms with Crippen LogP contribution < -0.4 is 10.6 Å². The van der Waals surface area contributed by atoms with Crippen molar-refractivity contribution in [3.05, 3.63) is 53.2 Å². The molecule has 2 fully saturated rings. The lowest BCUT2D eigenvalue weighted by Crippen LogP contribution is -2.55. The zero-order valence-corrected chi connectivity index (χ0v) is 17.7. The maximum absolute atomic E-state index is 13.0. The number of amides is 1. The summed E-state index contributed by atoms with van der Waals surface area (Å²) >= 11 is 5.97. The summed E-state index contributed by atoms with van der Waals surface area (Å²) in [5.41, 5.74) is 1.57. The van der Waals surface area contributed by atoms with Gasteiger partial charge in [0.1, 0.15) is 11.4 Å². The van der Waals surface area contributed by atoms with Crippen molar-refractivity contribution in [2.24, 2.45) is 4.99 Å². The number of anilines is 2. The molecule has 1 spiro atoms. The van der Waals surface area contributed by atoms with Gasteiger partial charge in [0.25, 0.3) is 0 Å². The summed E-state index contributed by atoms with van der Waals surface area (Å²) in [4.78, 5) is 24.5. The number of hydrogen-bond acceptors (Lipinski definition) is 4. The first-order valence-corrected chi connectivity index (χ1v) is 11.1. The first-order chi connectivity index (χ1) is 14.6. The first kappa shape index (κ1) is 19.4. The van der Waals surface area contributed by atoms with E-state index in [0.29, 0.717) is 30.6 Å². The molecule has 6 nitrogen and oxygen atoms in total. The lowest BCUT2D eigenvalue weighted by Gasteiger charge is -2.38. The zero-order valence-electron chi connectivity index (χ0n) is 16.9. The van der Waals surface area contributed by atoms with Gasteiger partial charge in [-0.25, -0.2) is 4.98 Å². The van der Waals surface area contributed by atoms with Gasteiger partial charge in [-0.2, -0.15) is 0 Å². The molecule has 156 valence electrons. The molecule has 2 aromatic rings. The van der Waals surface area contributed by atoms with E-state index in [1.165, 1.54) is 12.8 Å². The summed E-state index contributed by atoms with van der Waals surface area (Å²) < 4.78 is 0. The second-order valence-electron chi connectivity index (χ2n) is 8.52. The number of fused-ring (bicyclic) bond motifs is 1. The number of hydrogen-bond donors (Lipinski definition) is 2. The molecule has 2 aliphatic heterocycles. The Bertz CT molecular complexity index is 970. The third kappa shape index (κ3) is 3.76. The predicted octanol–water partition coefficient (Wildman–Crippen LogP) is 4.13. The number of benzene rings is 1. The maximum atomic E-state index is 13.0. The quantitative estimate of drug-likeness (QED) is 0.778. The van der Waals surface area contributed by atoms with Crippen molar-refractivity contribution >= 4 is 34.8 Å². The van der Waals surface area contributed by atoms with Crippen molar-refractivity contribution in [3.8, 4) is 0 Å². The van der Waals surface area contributed by atoms with Gasteiger partial charge in [0.05, 0.1) is 24.7 Å². The molecule has 0 bridgehead atoms.